The molecule has 0 unspecified atom stereocenters. The number of anilines is 1. The first kappa shape index (κ1) is 16.7. The molecule has 5 heteroatoms. The predicted molar refractivity (Wildman–Crippen MR) is 89.7 cm³/mol. The van der Waals surface area contributed by atoms with Gasteiger partial charge < -0.3 is 19.5 Å². The van der Waals surface area contributed by atoms with E-state index in [-0.39, 0.29) is 5.91 Å². The normalized spacial score (nSPS) is 10.0. The summed E-state index contributed by atoms with van der Waals surface area (Å²) in [6.07, 6.45) is 0. The summed E-state index contributed by atoms with van der Waals surface area (Å²) in [5, 5.41) is 2.84. The van der Waals surface area contributed by atoms with Crippen LogP contribution in [0.1, 0.15) is 24.2 Å². The van der Waals surface area contributed by atoms with Crippen molar-refractivity contribution in [2.75, 3.05) is 25.6 Å². The number of nitrogens with one attached hydrogen (secondary N) is 1. The monoisotopic (exact) mass is 315 g/mol. The van der Waals surface area contributed by atoms with Crippen molar-refractivity contribution in [2.45, 2.75) is 13.8 Å². The van der Waals surface area contributed by atoms with Crippen molar-refractivity contribution in [3.05, 3.63) is 48.0 Å². The highest BCUT2D eigenvalue weighted by molar-refractivity contribution is 6.06. The third kappa shape index (κ3) is 4.39. The maximum absolute atomic E-state index is 12.5. The van der Waals surface area contributed by atoms with Crippen LogP contribution in [0.5, 0.6) is 17.2 Å². The minimum atomic E-state index is -0.246. The van der Waals surface area contributed by atoms with Gasteiger partial charge in [0.1, 0.15) is 17.2 Å². The van der Waals surface area contributed by atoms with Gasteiger partial charge in [-0.15, -0.1) is 0 Å². The zero-order valence-electron chi connectivity index (χ0n) is 13.6. The number of carbonyl (C=O) groups excluding carboxylic acids is 1. The first-order valence-electron chi connectivity index (χ1n) is 7.53. The maximum Gasteiger partial charge on any atom is 0.259 e. The summed E-state index contributed by atoms with van der Waals surface area (Å²) < 4.78 is 16.2. The molecule has 0 bridgehead atoms. The Balaban J connectivity index is 2.23. The van der Waals surface area contributed by atoms with Crippen LogP contribution in [0.15, 0.2) is 42.5 Å². The Morgan fingerprint density at radius 1 is 1.00 bits per heavy atom. The second-order valence-electron chi connectivity index (χ2n) is 4.71. The number of benzene rings is 2. The summed E-state index contributed by atoms with van der Waals surface area (Å²) in [5.74, 6) is 1.61. The van der Waals surface area contributed by atoms with E-state index >= 15 is 0 Å². The molecule has 0 radical (unpaired) electrons. The molecule has 0 fully saturated rings. The van der Waals surface area contributed by atoms with E-state index in [2.05, 4.69) is 5.32 Å². The molecule has 0 saturated heterocycles. The second-order valence-corrected chi connectivity index (χ2v) is 4.71. The Bertz CT molecular complexity index is 670. The van der Waals surface area contributed by atoms with Crippen LogP contribution in [0.4, 0.5) is 5.69 Å². The van der Waals surface area contributed by atoms with Crippen LogP contribution in [0, 0.1) is 0 Å². The van der Waals surface area contributed by atoms with Gasteiger partial charge in [0.25, 0.3) is 5.91 Å². The standard InChI is InChI=1S/C18H21NO4/c1-4-22-15-9-10-16(17(12-15)23-5-2)18(20)19-13-7-6-8-14(11-13)21-3/h6-12H,4-5H2,1-3H3,(H,19,20). The molecular weight excluding hydrogens is 294 g/mol. The molecule has 0 heterocycles. The van der Waals surface area contributed by atoms with Gasteiger partial charge in [0.15, 0.2) is 0 Å². The molecule has 23 heavy (non-hydrogen) atoms. The summed E-state index contributed by atoms with van der Waals surface area (Å²) in [5.41, 5.74) is 1.11. The van der Waals surface area contributed by atoms with Gasteiger partial charge in [0, 0.05) is 17.8 Å². The van der Waals surface area contributed by atoms with Crippen LogP contribution in [-0.4, -0.2) is 26.2 Å². The number of carbonyl (C=O) groups is 1. The Kier molecular flexibility index (Phi) is 5.86. The molecular formula is C18H21NO4. The molecule has 2 aromatic rings. The van der Waals surface area contributed by atoms with Crippen molar-refractivity contribution < 1.29 is 19.0 Å². The predicted octanol–water partition coefficient (Wildman–Crippen LogP) is 3.74. The summed E-state index contributed by atoms with van der Waals surface area (Å²) in [6, 6.07) is 12.4. The maximum atomic E-state index is 12.5. The molecule has 1 N–H and O–H groups in total. The van der Waals surface area contributed by atoms with Gasteiger partial charge >= 0.3 is 0 Å². The number of hydrogen-bond donors (Lipinski definition) is 1. The Morgan fingerprint density at radius 2 is 1.78 bits per heavy atom. The average molecular weight is 315 g/mol. The zero-order valence-corrected chi connectivity index (χ0v) is 13.6. The quantitative estimate of drug-likeness (QED) is 0.845. The van der Waals surface area contributed by atoms with Crippen molar-refractivity contribution in [2.24, 2.45) is 0 Å². The van der Waals surface area contributed by atoms with Gasteiger partial charge in [-0.05, 0) is 38.1 Å². The lowest BCUT2D eigenvalue weighted by molar-refractivity contribution is 0.102. The number of hydrogen-bond acceptors (Lipinski definition) is 4. The molecule has 2 aromatic carbocycles. The molecule has 0 atom stereocenters. The largest absolute Gasteiger partial charge is 0.497 e. The molecule has 122 valence electrons. The summed E-state index contributed by atoms with van der Waals surface area (Å²) in [4.78, 5) is 12.5. The van der Waals surface area contributed by atoms with Crippen molar-refractivity contribution in [1.29, 1.82) is 0 Å². The van der Waals surface area contributed by atoms with E-state index in [0.717, 1.165) is 0 Å². The van der Waals surface area contributed by atoms with Gasteiger partial charge in [-0.1, -0.05) is 6.07 Å². The highest BCUT2D eigenvalue weighted by atomic mass is 16.5. The molecule has 0 aliphatic carbocycles. The van der Waals surface area contributed by atoms with Crippen LogP contribution in [0.2, 0.25) is 0 Å². The topological polar surface area (TPSA) is 56.8 Å². The molecule has 0 aromatic heterocycles. The fraction of sp³-hybridized carbons (Fsp3) is 0.278. The Hall–Kier alpha value is -2.69. The lowest BCUT2D eigenvalue weighted by Gasteiger charge is -2.13. The van der Waals surface area contributed by atoms with Crippen molar-refractivity contribution in [1.82, 2.24) is 0 Å². The highest BCUT2D eigenvalue weighted by Gasteiger charge is 2.14. The molecule has 2 rings (SSSR count). The number of methoxy groups -OCH3 is 1. The zero-order chi connectivity index (χ0) is 16.7. The van der Waals surface area contributed by atoms with E-state index in [1.165, 1.54) is 0 Å². The minimum absolute atomic E-state index is 0.246. The highest BCUT2D eigenvalue weighted by Crippen LogP contribution is 2.26. The van der Waals surface area contributed by atoms with Crippen LogP contribution in [-0.2, 0) is 0 Å². The van der Waals surface area contributed by atoms with Crippen molar-refractivity contribution >= 4 is 11.6 Å². The fourth-order valence-electron chi connectivity index (χ4n) is 2.12. The second kappa shape index (κ2) is 8.08. The van der Waals surface area contributed by atoms with E-state index in [0.29, 0.717) is 41.7 Å². The fourth-order valence-corrected chi connectivity index (χ4v) is 2.12. The summed E-state index contributed by atoms with van der Waals surface area (Å²) in [7, 11) is 1.58. The smallest absolute Gasteiger partial charge is 0.259 e. The summed E-state index contributed by atoms with van der Waals surface area (Å²) >= 11 is 0. The third-order valence-corrected chi connectivity index (χ3v) is 3.14. The van der Waals surface area contributed by atoms with E-state index in [1.54, 1.807) is 37.4 Å². The van der Waals surface area contributed by atoms with Crippen LogP contribution in [0.25, 0.3) is 0 Å². The number of rotatable bonds is 7. The van der Waals surface area contributed by atoms with Crippen LogP contribution in [0.3, 0.4) is 0 Å². The third-order valence-electron chi connectivity index (χ3n) is 3.14. The molecule has 0 spiro atoms. The lowest BCUT2D eigenvalue weighted by Crippen LogP contribution is -2.14. The van der Waals surface area contributed by atoms with Crippen molar-refractivity contribution in [3.8, 4) is 17.2 Å². The van der Waals surface area contributed by atoms with E-state index < -0.39 is 0 Å². The summed E-state index contributed by atoms with van der Waals surface area (Å²) in [6.45, 7) is 4.80. The van der Waals surface area contributed by atoms with Gasteiger partial charge in [0.05, 0.1) is 25.9 Å². The first-order valence-corrected chi connectivity index (χ1v) is 7.53. The van der Waals surface area contributed by atoms with E-state index in [9.17, 15) is 4.79 Å². The van der Waals surface area contributed by atoms with Gasteiger partial charge in [0.2, 0.25) is 0 Å². The van der Waals surface area contributed by atoms with Gasteiger partial charge in [-0.25, -0.2) is 0 Å². The van der Waals surface area contributed by atoms with Gasteiger partial charge in [-0.3, -0.25) is 4.79 Å². The molecule has 0 saturated carbocycles. The molecule has 0 aliphatic heterocycles. The van der Waals surface area contributed by atoms with E-state index in [4.69, 9.17) is 14.2 Å². The van der Waals surface area contributed by atoms with Crippen LogP contribution >= 0.6 is 0 Å². The minimum Gasteiger partial charge on any atom is -0.497 e. The number of ether oxygens (including phenoxy) is 3. The number of amides is 1. The molecule has 5 nitrogen and oxygen atoms in total. The van der Waals surface area contributed by atoms with E-state index in [1.807, 2.05) is 26.0 Å². The average Bonchev–Trinajstić information content (AvgIpc) is 2.56. The Morgan fingerprint density at radius 3 is 2.48 bits per heavy atom. The first-order chi connectivity index (χ1) is 11.2. The SMILES string of the molecule is CCOc1ccc(C(=O)Nc2cccc(OC)c2)c(OCC)c1. The lowest BCUT2D eigenvalue weighted by atomic mass is 10.1. The van der Waals surface area contributed by atoms with Gasteiger partial charge in [-0.2, -0.15) is 0 Å². The molecule has 0 aliphatic rings. The molecule has 1 amide bonds. The Labute approximate surface area is 136 Å². The van der Waals surface area contributed by atoms with Crippen LogP contribution < -0.4 is 19.5 Å². The van der Waals surface area contributed by atoms with Crippen molar-refractivity contribution in [3.63, 3.8) is 0 Å².